The van der Waals surface area contributed by atoms with Gasteiger partial charge in [0.15, 0.2) is 0 Å². The van der Waals surface area contributed by atoms with Gasteiger partial charge >= 0.3 is 0 Å². The van der Waals surface area contributed by atoms with Gasteiger partial charge in [0.2, 0.25) is 5.41 Å². The van der Waals surface area contributed by atoms with Gasteiger partial charge in [-0.3, -0.25) is 0 Å². The molecule has 1 unspecified atom stereocenters. The highest BCUT2D eigenvalue weighted by Gasteiger charge is 2.56. The predicted molar refractivity (Wildman–Crippen MR) is 112 cm³/mol. The Morgan fingerprint density at radius 2 is 2.00 bits per heavy atom. The first-order chi connectivity index (χ1) is 14.6. The highest BCUT2D eigenvalue weighted by Crippen LogP contribution is 2.55. The number of rotatable bonds is 6. The number of nitrogens with zero attached hydrogens (tertiary/aromatic N) is 3. The molecule has 0 heterocycles. The second-order valence-electron chi connectivity index (χ2n) is 7.82. The largest absolute Gasteiger partial charge is 0.497 e. The minimum atomic E-state index is -1.66. The number of nitrogens with one attached hydrogen (secondary N) is 1. The van der Waals surface area contributed by atoms with Crippen molar-refractivity contribution in [3.63, 3.8) is 0 Å². The number of benzene rings is 1. The minimum absolute atomic E-state index is 0.125. The van der Waals surface area contributed by atoms with E-state index in [0.29, 0.717) is 23.7 Å². The first-order valence-electron chi connectivity index (χ1n) is 10.4. The van der Waals surface area contributed by atoms with Crippen LogP contribution >= 0.6 is 0 Å². The van der Waals surface area contributed by atoms with Gasteiger partial charge in [-0.2, -0.15) is 15.8 Å². The van der Waals surface area contributed by atoms with Gasteiger partial charge in [-0.15, -0.1) is 0 Å². The molecule has 2 aliphatic rings. The van der Waals surface area contributed by atoms with Crippen LogP contribution in [0.25, 0.3) is 0 Å². The average molecular weight is 402 g/mol. The zero-order chi connectivity index (χ0) is 21.7. The van der Waals surface area contributed by atoms with E-state index >= 15 is 0 Å². The highest BCUT2D eigenvalue weighted by molar-refractivity contribution is 6.01. The molecule has 154 valence electrons. The fraction of sp³-hybridized carbons (Fsp3) is 0.500. The van der Waals surface area contributed by atoms with Crippen molar-refractivity contribution >= 4 is 5.71 Å². The molecular weight excluding hydrogens is 376 g/mol. The van der Waals surface area contributed by atoms with E-state index in [1.807, 2.05) is 24.3 Å². The Morgan fingerprint density at radius 1 is 1.23 bits per heavy atom. The second-order valence-corrected chi connectivity index (χ2v) is 7.82. The summed E-state index contributed by atoms with van der Waals surface area (Å²) < 4.78 is 11.4. The maximum absolute atomic E-state index is 10.0. The molecule has 1 N–H and O–H groups in total. The van der Waals surface area contributed by atoms with Gasteiger partial charge in [0.25, 0.3) is 0 Å². The summed E-state index contributed by atoms with van der Waals surface area (Å²) in [6.45, 7) is 2.64. The maximum atomic E-state index is 10.0. The molecule has 1 aromatic rings. The standard InChI is InChI=1S/C24H26N4O2/c1-3-4-11-30-21-12-16(29-2)9-10-18(21)22-17-7-5-6-8-20(17)24(14-26,15-27)23(28)19(22)13-25/h8-10,12,17,19,22,28H,3-7,11H2,1-2H3/t17-,19?,22-/m1/s1. The molecule has 0 spiro atoms. The number of methoxy groups -OCH3 is 1. The molecule has 3 atom stereocenters. The summed E-state index contributed by atoms with van der Waals surface area (Å²) in [5.41, 5.74) is -0.265. The van der Waals surface area contributed by atoms with E-state index in [4.69, 9.17) is 14.9 Å². The predicted octanol–water partition coefficient (Wildman–Crippen LogP) is 4.89. The molecule has 0 radical (unpaired) electrons. The molecule has 2 aliphatic carbocycles. The minimum Gasteiger partial charge on any atom is -0.497 e. The lowest BCUT2D eigenvalue weighted by molar-refractivity contribution is 0.287. The van der Waals surface area contributed by atoms with Gasteiger partial charge in [-0.05, 0) is 48.8 Å². The summed E-state index contributed by atoms with van der Waals surface area (Å²) in [6.07, 6.45) is 6.31. The lowest BCUT2D eigenvalue weighted by Gasteiger charge is -2.45. The van der Waals surface area contributed by atoms with Gasteiger partial charge < -0.3 is 14.9 Å². The molecule has 30 heavy (non-hydrogen) atoms. The number of unbranched alkanes of at least 4 members (excludes halogenated alkanes) is 1. The second kappa shape index (κ2) is 9.02. The van der Waals surface area contributed by atoms with Crippen molar-refractivity contribution < 1.29 is 9.47 Å². The number of nitriles is 3. The number of fused-ring (bicyclic) bond motifs is 1. The van der Waals surface area contributed by atoms with Crippen LogP contribution in [0.4, 0.5) is 0 Å². The first-order valence-corrected chi connectivity index (χ1v) is 10.4. The summed E-state index contributed by atoms with van der Waals surface area (Å²) in [6, 6.07) is 11.9. The third kappa shape index (κ3) is 3.42. The Bertz CT molecular complexity index is 962. The van der Waals surface area contributed by atoms with Crippen LogP contribution in [-0.4, -0.2) is 19.4 Å². The van der Waals surface area contributed by atoms with Gasteiger partial charge in [-0.1, -0.05) is 25.5 Å². The lowest BCUT2D eigenvalue weighted by Crippen LogP contribution is -2.47. The molecule has 0 aromatic heterocycles. The van der Waals surface area contributed by atoms with Gasteiger partial charge in [0.1, 0.15) is 11.5 Å². The SMILES string of the molecule is CCCCOc1cc(OC)ccc1[C@@H]1C(C#N)C(=N)C(C#N)(C#N)C2=CCCC[C@H]21. The van der Waals surface area contributed by atoms with Crippen LogP contribution in [0.5, 0.6) is 11.5 Å². The van der Waals surface area contributed by atoms with Crippen molar-refractivity contribution in [1.82, 2.24) is 0 Å². The van der Waals surface area contributed by atoms with E-state index in [1.165, 1.54) is 0 Å². The molecule has 3 rings (SSSR count). The Kier molecular flexibility index (Phi) is 6.43. The quantitative estimate of drug-likeness (QED) is 0.537. The molecule has 0 saturated heterocycles. The zero-order valence-electron chi connectivity index (χ0n) is 17.4. The van der Waals surface area contributed by atoms with Gasteiger partial charge in [-0.25, -0.2) is 0 Å². The van der Waals surface area contributed by atoms with Crippen LogP contribution in [0.2, 0.25) is 0 Å². The summed E-state index contributed by atoms with van der Waals surface area (Å²) in [5.74, 6) is -0.0590. The Morgan fingerprint density at radius 3 is 2.63 bits per heavy atom. The van der Waals surface area contributed by atoms with E-state index in [2.05, 4.69) is 25.1 Å². The van der Waals surface area contributed by atoms with E-state index in [1.54, 1.807) is 7.11 Å². The average Bonchev–Trinajstić information content (AvgIpc) is 2.79. The monoisotopic (exact) mass is 402 g/mol. The number of hydrogen-bond acceptors (Lipinski definition) is 6. The Balaban J connectivity index is 2.16. The topological polar surface area (TPSA) is 114 Å². The molecule has 0 aliphatic heterocycles. The summed E-state index contributed by atoms with van der Waals surface area (Å²) in [4.78, 5) is 0. The van der Waals surface area contributed by atoms with Crippen LogP contribution in [0.3, 0.4) is 0 Å². The fourth-order valence-corrected chi connectivity index (χ4v) is 4.69. The van der Waals surface area contributed by atoms with E-state index < -0.39 is 11.3 Å². The van der Waals surface area contributed by atoms with Gasteiger partial charge in [0.05, 0.1) is 43.6 Å². The highest BCUT2D eigenvalue weighted by atomic mass is 16.5. The normalized spacial score (nSPS) is 24.4. The molecule has 1 fully saturated rings. The zero-order valence-corrected chi connectivity index (χ0v) is 17.4. The molecule has 6 nitrogen and oxygen atoms in total. The van der Waals surface area contributed by atoms with E-state index in [-0.39, 0.29) is 17.5 Å². The first kappa shape index (κ1) is 21.4. The number of hydrogen-bond donors (Lipinski definition) is 1. The van der Waals surface area contributed by atoms with Crippen LogP contribution < -0.4 is 9.47 Å². The fourth-order valence-electron chi connectivity index (χ4n) is 4.69. The third-order valence-corrected chi connectivity index (χ3v) is 6.23. The van der Waals surface area contributed by atoms with Crippen molar-refractivity contribution in [2.45, 2.75) is 44.9 Å². The van der Waals surface area contributed by atoms with Crippen molar-refractivity contribution in [3.05, 3.63) is 35.4 Å². The number of ether oxygens (including phenoxy) is 2. The molecule has 6 heteroatoms. The van der Waals surface area contributed by atoms with Crippen molar-refractivity contribution in [3.8, 4) is 29.7 Å². The van der Waals surface area contributed by atoms with Crippen LogP contribution in [-0.2, 0) is 0 Å². The summed E-state index contributed by atoms with van der Waals surface area (Å²) in [7, 11) is 1.59. The van der Waals surface area contributed by atoms with E-state index in [0.717, 1.165) is 37.7 Å². The van der Waals surface area contributed by atoms with Gasteiger partial charge in [0, 0.05) is 12.0 Å². The molecule has 0 bridgehead atoms. The molecule has 0 amide bonds. The summed E-state index contributed by atoms with van der Waals surface area (Å²) in [5, 5.41) is 38.5. The molecule has 1 aromatic carbocycles. The smallest absolute Gasteiger partial charge is 0.203 e. The van der Waals surface area contributed by atoms with Crippen molar-refractivity contribution in [2.75, 3.05) is 13.7 Å². The Hall–Kier alpha value is -3.30. The molecule has 1 saturated carbocycles. The number of allylic oxidation sites excluding steroid dienone is 2. The lowest BCUT2D eigenvalue weighted by atomic mass is 9.54. The van der Waals surface area contributed by atoms with Crippen molar-refractivity contribution in [2.24, 2.45) is 17.3 Å². The molecular formula is C24H26N4O2. The maximum Gasteiger partial charge on any atom is 0.203 e. The van der Waals surface area contributed by atoms with Crippen LogP contribution in [0, 0.1) is 56.7 Å². The van der Waals surface area contributed by atoms with Crippen molar-refractivity contribution in [1.29, 1.82) is 21.2 Å². The third-order valence-electron chi connectivity index (χ3n) is 6.23. The van der Waals surface area contributed by atoms with E-state index in [9.17, 15) is 15.8 Å². The van der Waals surface area contributed by atoms with Crippen LogP contribution in [0.1, 0.15) is 50.5 Å². The van der Waals surface area contributed by atoms with Crippen LogP contribution in [0.15, 0.2) is 29.8 Å². The Labute approximate surface area is 177 Å². The summed E-state index contributed by atoms with van der Waals surface area (Å²) >= 11 is 0.